The molecule has 2 aromatic carbocycles. The van der Waals surface area contributed by atoms with Gasteiger partial charge in [0, 0.05) is 38.3 Å². The van der Waals surface area contributed by atoms with Crippen LogP contribution in [0.4, 0.5) is 0 Å². The Bertz CT molecular complexity index is 1160. The summed E-state index contributed by atoms with van der Waals surface area (Å²) in [5, 5.41) is 10.1. The fraction of sp³-hybridized carbons (Fsp3) is 0.375. The summed E-state index contributed by atoms with van der Waals surface area (Å²) in [5.74, 6) is -0.225. The van der Waals surface area contributed by atoms with E-state index in [0.717, 1.165) is 22.2 Å². The van der Waals surface area contributed by atoms with Crippen LogP contribution >= 0.6 is 0 Å². The molecule has 0 unspecified atom stereocenters. The molecule has 5 rings (SSSR count). The van der Waals surface area contributed by atoms with E-state index in [2.05, 4.69) is 23.2 Å². The molecule has 160 valence electrons. The number of fused-ring (bicyclic) bond motifs is 1. The van der Waals surface area contributed by atoms with Gasteiger partial charge in [0.05, 0.1) is 17.4 Å². The van der Waals surface area contributed by atoms with Crippen molar-refractivity contribution in [1.29, 1.82) is 0 Å². The number of nitrogens with zero attached hydrogens (tertiary/aromatic N) is 4. The lowest BCUT2D eigenvalue weighted by Gasteiger charge is -2.40. The van der Waals surface area contributed by atoms with Crippen LogP contribution in [0, 0.1) is 0 Å². The van der Waals surface area contributed by atoms with Crippen molar-refractivity contribution < 1.29 is 14.7 Å². The molecule has 1 aliphatic heterocycles. The molecule has 1 saturated carbocycles. The molecule has 3 aromatic rings. The Morgan fingerprint density at radius 2 is 1.77 bits per heavy atom. The van der Waals surface area contributed by atoms with E-state index in [0.29, 0.717) is 38.0 Å². The summed E-state index contributed by atoms with van der Waals surface area (Å²) >= 11 is 0. The SMILES string of the molecule is C[C@H]1CN(C(=O)c2ccc(-c3ccc4c(c3)ncn4C)cc2)CCN1C(=O)C1(O)CC1. The molecule has 7 nitrogen and oxygen atoms in total. The number of benzene rings is 2. The maximum absolute atomic E-state index is 13.0. The minimum absolute atomic E-state index is 0.0317. The van der Waals surface area contributed by atoms with Gasteiger partial charge in [-0.1, -0.05) is 18.2 Å². The second-order valence-corrected chi connectivity index (χ2v) is 8.77. The third-order valence-electron chi connectivity index (χ3n) is 6.49. The van der Waals surface area contributed by atoms with E-state index >= 15 is 0 Å². The molecule has 1 N–H and O–H groups in total. The Morgan fingerprint density at radius 1 is 1.06 bits per heavy atom. The van der Waals surface area contributed by atoms with E-state index in [9.17, 15) is 14.7 Å². The summed E-state index contributed by atoms with van der Waals surface area (Å²) in [6, 6.07) is 13.7. The lowest BCUT2D eigenvalue weighted by atomic mass is 10.0. The summed E-state index contributed by atoms with van der Waals surface area (Å²) < 4.78 is 1.99. The molecule has 2 heterocycles. The second-order valence-electron chi connectivity index (χ2n) is 8.77. The summed E-state index contributed by atoms with van der Waals surface area (Å²) in [7, 11) is 1.97. The van der Waals surface area contributed by atoms with Crippen molar-refractivity contribution in [2.45, 2.75) is 31.4 Å². The van der Waals surface area contributed by atoms with Gasteiger partial charge in [0.15, 0.2) is 0 Å². The summed E-state index contributed by atoms with van der Waals surface area (Å²) in [6.45, 7) is 3.33. The van der Waals surface area contributed by atoms with Gasteiger partial charge < -0.3 is 19.5 Å². The highest BCUT2D eigenvalue weighted by molar-refractivity contribution is 5.95. The molecule has 0 bridgehead atoms. The highest BCUT2D eigenvalue weighted by Gasteiger charge is 2.51. The quantitative estimate of drug-likeness (QED) is 0.709. The summed E-state index contributed by atoms with van der Waals surface area (Å²) in [4.78, 5) is 33.4. The highest BCUT2D eigenvalue weighted by Crippen LogP contribution is 2.37. The molecule has 0 radical (unpaired) electrons. The largest absolute Gasteiger partial charge is 0.380 e. The lowest BCUT2D eigenvalue weighted by Crippen LogP contribution is -2.57. The highest BCUT2D eigenvalue weighted by atomic mass is 16.3. The molecule has 1 aliphatic carbocycles. The van der Waals surface area contributed by atoms with Crippen molar-refractivity contribution >= 4 is 22.8 Å². The van der Waals surface area contributed by atoms with E-state index in [1.165, 1.54) is 0 Å². The van der Waals surface area contributed by atoms with Crippen LogP contribution in [0.1, 0.15) is 30.1 Å². The molecule has 31 heavy (non-hydrogen) atoms. The number of piperazine rings is 1. The zero-order chi connectivity index (χ0) is 21.8. The van der Waals surface area contributed by atoms with Gasteiger partial charge in [0.25, 0.3) is 11.8 Å². The molecule has 0 spiro atoms. The van der Waals surface area contributed by atoms with E-state index < -0.39 is 5.60 Å². The first-order valence-electron chi connectivity index (χ1n) is 10.7. The first-order valence-corrected chi connectivity index (χ1v) is 10.7. The Morgan fingerprint density at radius 3 is 2.45 bits per heavy atom. The van der Waals surface area contributed by atoms with E-state index in [1.807, 2.05) is 42.8 Å². The van der Waals surface area contributed by atoms with Gasteiger partial charge in [-0.15, -0.1) is 0 Å². The van der Waals surface area contributed by atoms with Crippen molar-refractivity contribution in [3.63, 3.8) is 0 Å². The van der Waals surface area contributed by atoms with Gasteiger partial charge in [0.2, 0.25) is 0 Å². The van der Waals surface area contributed by atoms with Crippen LogP contribution in [-0.2, 0) is 11.8 Å². The van der Waals surface area contributed by atoms with Gasteiger partial charge in [-0.05, 0) is 55.2 Å². The number of aromatic nitrogens is 2. The topological polar surface area (TPSA) is 78.7 Å². The maximum Gasteiger partial charge on any atom is 0.254 e. The zero-order valence-corrected chi connectivity index (χ0v) is 17.8. The number of rotatable bonds is 3. The summed E-state index contributed by atoms with van der Waals surface area (Å²) in [5.41, 5.74) is 3.59. The standard InChI is InChI=1S/C24H26N4O3/c1-16-14-27(11-12-28(16)23(30)24(31)9-10-24)22(29)18-5-3-17(4-6-18)19-7-8-21-20(13-19)25-15-26(21)2/h3-8,13,15-16,31H,9-12,14H2,1-2H3/t16-/m0/s1. The number of carbonyl (C=O) groups is 2. The molecule has 7 heteroatoms. The third-order valence-corrected chi connectivity index (χ3v) is 6.49. The molecule has 2 aliphatic rings. The Labute approximate surface area is 180 Å². The fourth-order valence-corrected chi connectivity index (χ4v) is 4.35. The van der Waals surface area contributed by atoms with Gasteiger partial charge in [0.1, 0.15) is 5.60 Å². The number of hydrogen-bond donors (Lipinski definition) is 1. The van der Waals surface area contributed by atoms with Crippen LogP contribution in [0.15, 0.2) is 48.8 Å². The first kappa shape index (κ1) is 19.8. The second kappa shape index (κ2) is 7.20. The lowest BCUT2D eigenvalue weighted by molar-refractivity contribution is -0.146. The van der Waals surface area contributed by atoms with Crippen LogP contribution in [0.5, 0.6) is 0 Å². The van der Waals surface area contributed by atoms with E-state index in [-0.39, 0.29) is 17.9 Å². The van der Waals surface area contributed by atoms with Crippen molar-refractivity contribution in [1.82, 2.24) is 19.4 Å². The fourth-order valence-electron chi connectivity index (χ4n) is 4.35. The molecular formula is C24H26N4O3. The van der Waals surface area contributed by atoms with E-state index in [4.69, 9.17) is 0 Å². The smallest absolute Gasteiger partial charge is 0.254 e. The van der Waals surface area contributed by atoms with Crippen LogP contribution in [-0.4, -0.2) is 67.5 Å². The Hall–Kier alpha value is -3.19. The molecular weight excluding hydrogens is 392 g/mol. The molecule has 1 saturated heterocycles. The Balaban J connectivity index is 1.28. The number of aliphatic hydroxyl groups is 1. The molecule has 2 amide bonds. The number of imidazole rings is 1. The monoisotopic (exact) mass is 418 g/mol. The average molecular weight is 418 g/mol. The van der Waals surface area contributed by atoms with Crippen LogP contribution in [0.3, 0.4) is 0 Å². The van der Waals surface area contributed by atoms with Crippen molar-refractivity contribution in [3.05, 3.63) is 54.4 Å². The van der Waals surface area contributed by atoms with Crippen LogP contribution in [0.25, 0.3) is 22.2 Å². The van der Waals surface area contributed by atoms with Crippen LogP contribution in [0.2, 0.25) is 0 Å². The number of hydrogen-bond acceptors (Lipinski definition) is 4. The van der Waals surface area contributed by atoms with Crippen molar-refractivity contribution in [2.24, 2.45) is 7.05 Å². The minimum Gasteiger partial charge on any atom is -0.380 e. The van der Waals surface area contributed by atoms with Gasteiger partial charge >= 0.3 is 0 Å². The van der Waals surface area contributed by atoms with Crippen molar-refractivity contribution in [3.8, 4) is 11.1 Å². The Kier molecular flexibility index (Phi) is 4.59. The van der Waals surface area contributed by atoms with Gasteiger partial charge in [-0.3, -0.25) is 9.59 Å². The van der Waals surface area contributed by atoms with Gasteiger partial charge in [-0.25, -0.2) is 4.98 Å². The zero-order valence-electron chi connectivity index (χ0n) is 17.8. The maximum atomic E-state index is 13.0. The van der Waals surface area contributed by atoms with Gasteiger partial charge in [-0.2, -0.15) is 0 Å². The predicted octanol–water partition coefficient (Wildman–Crippen LogP) is 2.44. The van der Waals surface area contributed by atoms with E-state index in [1.54, 1.807) is 16.1 Å². The molecule has 1 atom stereocenters. The summed E-state index contributed by atoms with van der Waals surface area (Å²) in [6.07, 6.45) is 2.88. The van der Waals surface area contributed by atoms with Crippen molar-refractivity contribution in [2.75, 3.05) is 19.6 Å². The number of aryl methyl sites for hydroxylation is 1. The number of carbonyl (C=O) groups excluding carboxylic acids is 2. The molecule has 2 fully saturated rings. The molecule has 1 aromatic heterocycles. The average Bonchev–Trinajstić information content (AvgIpc) is 3.44. The third kappa shape index (κ3) is 3.49. The predicted molar refractivity (Wildman–Crippen MR) is 117 cm³/mol. The number of amides is 2. The van der Waals surface area contributed by atoms with Crippen LogP contribution < -0.4 is 0 Å². The first-order chi connectivity index (χ1) is 14.9. The normalized spacial score (nSPS) is 20.2. The minimum atomic E-state index is -1.16.